The summed E-state index contributed by atoms with van der Waals surface area (Å²) in [6, 6.07) is 18.4. The van der Waals surface area contributed by atoms with E-state index in [4.69, 9.17) is 5.10 Å². The number of hydrogen-bond acceptors (Lipinski definition) is 4. The van der Waals surface area contributed by atoms with E-state index < -0.39 is 0 Å². The van der Waals surface area contributed by atoms with Gasteiger partial charge in [-0.1, -0.05) is 75.3 Å². The van der Waals surface area contributed by atoms with Crippen molar-refractivity contribution in [3.8, 4) is 11.4 Å². The summed E-state index contributed by atoms with van der Waals surface area (Å²) in [6.45, 7) is 12.8. The molecule has 1 aromatic heterocycles. The average molecular weight is 511 g/mol. The third kappa shape index (κ3) is 4.71. The highest BCUT2D eigenvalue weighted by Gasteiger charge is 2.26. The lowest BCUT2D eigenvalue weighted by Gasteiger charge is -2.27. The number of aromatic nitrogens is 3. The highest BCUT2D eigenvalue weighted by molar-refractivity contribution is 9.10. The van der Waals surface area contributed by atoms with Crippen molar-refractivity contribution >= 4 is 38.7 Å². The summed E-state index contributed by atoms with van der Waals surface area (Å²) in [7, 11) is 0. The Labute approximate surface area is 202 Å². The van der Waals surface area contributed by atoms with Gasteiger partial charge in [-0.25, -0.2) is 0 Å². The van der Waals surface area contributed by atoms with Gasteiger partial charge < -0.3 is 5.11 Å². The Morgan fingerprint density at radius 2 is 1.41 bits per heavy atom. The summed E-state index contributed by atoms with van der Waals surface area (Å²) in [5.41, 5.74) is 3.97. The maximum Gasteiger partial charge on any atom is 0.146 e. The van der Waals surface area contributed by atoms with Gasteiger partial charge in [-0.3, -0.25) is 0 Å². The topological polar surface area (TPSA) is 50.9 Å². The number of phenols is 1. The van der Waals surface area contributed by atoms with Gasteiger partial charge in [0.1, 0.15) is 22.5 Å². The second-order valence-corrected chi connectivity index (χ2v) is 12.2. The molecule has 4 aromatic rings. The first-order valence-electron chi connectivity index (χ1n) is 10.6. The largest absolute Gasteiger partial charge is 0.505 e. The molecule has 0 aliphatic carbocycles. The van der Waals surface area contributed by atoms with Crippen LogP contribution in [0.2, 0.25) is 0 Å². The molecule has 0 fully saturated rings. The predicted octanol–water partition coefficient (Wildman–Crippen LogP) is 7.63. The summed E-state index contributed by atoms with van der Waals surface area (Å²) in [4.78, 5) is 3.82. The smallest absolute Gasteiger partial charge is 0.146 e. The molecule has 0 saturated heterocycles. The quantitative estimate of drug-likeness (QED) is 0.308. The molecule has 32 heavy (non-hydrogen) atoms. The van der Waals surface area contributed by atoms with Crippen LogP contribution in [0.1, 0.15) is 52.7 Å². The lowest BCUT2D eigenvalue weighted by molar-refractivity contribution is 0.438. The molecule has 0 radical (unpaired) electrons. The second-order valence-electron chi connectivity index (χ2n) is 10.1. The molecule has 4 nitrogen and oxygen atoms in total. The van der Waals surface area contributed by atoms with E-state index in [0.29, 0.717) is 5.69 Å². The monoisotopic (exact) mass is 509 g/mol. The first-order valence-corrected chi connectivity index (χ1v) is 12.2. The maximum atomic E-state index is 11.2. The number of rotatable bonds is 3. The molecular weight excluding hydrogens is 482 g/mol. The van der Waals surface area contributed by atoms with E-state index in [2.05, 4.69) is 86.8 Å². The van der Waals surface area contributed by atoms with E-state index in [1.165, 1.54) is 0 Å². The first kappa shape index (κ1) is 22.9. The lowest BCUT2D eigenvalue weighted by atomic mass is 9.80. The van der Waals surface area contributed by atoms with Crippen molar-refractivity contribution in [1.82, 2.24) is 15.0 Å². The summed E-state index contributed by atoms with van der Waals surface area (Å²) in [5.74, 6) is 0.232. The molecule has 0 bridgehead atoms. The highest BCUT2D eigenvalue weighted by Crippen LogP contribution is 2.39. The number of aromatic hydroxyl groups is 1. The number of phenolic OH excluding ortho intramolecular Hbond substituents is 1. The Balaban J connectivity index is 1.78. The van der Waals surface area contributed by atoms with Crippen LogP contribution in [-0.4, -0.2) is 20.1 Å². The summed E-state index contributed by atoms with van der Waals surface area (Å²) < 4.78 is 1.06. The molecule has 0 atom stereocenters. The zero-order valence-corrected chi connectivity index (χ0v) is 21.7. The molecule has 3 aromatic carbocycles. The van der Waals surface area contributed by atoms with Gasteiger partial charge in [0.15, 0.2) is 0 Å². The standard InChI is InChI=1S/C26H28BrN3OS/c1-25(2,3)16-13-20(26(4,5)6)24(31)23(14-16)30-28-21-12-11-19(15-22(21)29-30)32-18-9-7-17(27)8-10-18/h7-15,31H,1-6H3. The van der Waals surface area contributed by atoms with Crippen molar-refractivity contribution < 1.29 is 5.11 Å². The highest BCUT2D eigenvalue weighted by atomic mass is 79.9. The van der Waals surface area contributed by atoms with Crippen molar-refractivity contribution in [1.29, 1.82) is 0 Å². The molecule has 1 heterocycles. The van der Waals surface area contributed by atoms with Gasteiger partial charge in [0.25, 0.3) is 0 Å². The number of halogens is 1. The molecule has 6 heteroatoms. The molecule has 1 N–H and O–H groups in total. The maximum absolute atomic E-state index is 11.2. The van der Waals surface area contributed by atoms with E-state index in [1.807, 2.05) is 30.3 Å². The number of fused-ring (bicyclic) bond motifs is 1. The van der Waals surface area contributed by atoms with Crippen LogP contribution in [0, 0.1) is 0 Å². The van der Waals surface area contributed by atoms with E-state index in [-0.39, 0.29) is 16.6 Å². The van der Waals surface area contributed by atoms with Gasteiger partial charge >= 0.3 is 0 Å². The SMILES string of the molecule is CC(C)(C)c1cc(-n2nc3ccc(Sc4ccc(Br)cc4)cc3n2)c(O)c(C(C)(C)C)c1. The van der Waals surface area contributed by atoms with E-state index >= 15 is 0 Å². The van der Waals surface area contributed by atoms with E-state index in [0.717, 1.165) is 36.4 Å². The van der Waals surface area contributed by atoms with Gasteiger partial charge in [-0.2, -0.15) is 0 Å². The molecule has 0 aliphatic heterocycles. The molecule has 166 valence electrons. The molecule has 0 saturated carbocycles. The fourth-order valence-electron chi connectivity index (χ4n) is 3.48. The Bertz CT molecular complexity index is 1280. The van der Waals surface area contributed by atoms with Crippen LogP contribution in [0.5, 0.6) is 5.75 Å². The zero-order valence-electron chi connectivity index (χ0n) is 19.3. The number of nitrogens with zero attached hydrogens (tertiary/aromatic N) is 3. The molecule has 0 spiro atoms. The van der Waals surface area contributed by atoms with Crippen LogP contribution in [0.3, 0.4) is 0 Å². The Hall–Kier alpha value is -2.31. The van der Waals surface area contributed by atoms with Crippen LogP contribution in [-0.2, 0) is 10.8 Å². The van der Waals surface area contributed by atoms with E-state index in [9.17, 15) is 5.11 Å². The first-order chi connectivity index (χ1) is 14.9. The fourth-order valence-corrected chi connectivity index (χ4v) is 4.60. The van der Waals surface area contributed by atoms with Gasteiger partial charge in [0.2, 0.25) is 0 Å². The van der Waals surface area contributed by atoms with Crippen molar-refractivity contribution in [2.24, 2.45) is 0 Å². The molecule has 0 unspecified atom stereocenters. The second kappa shape index (κ2) is 8.23. The van der Waals surface area contributed by atoms with Gasteiger partial charge in [-0.15, -0.1) is 15.0 Å². The summed E-state index contributed by atoms with van der Waals surface area (Å²) in [5, 5.41) is 20.6. The Morgan fingerprint density at radius 1 is 0.781 bits per heavy atom. The molecule has 4 rings (SSSR count). The number of benzene rings is 3. The van der Waals surface area contributed by atoms with Crippen molar-refractivity contribution in [3.05, 3.63) is 70.2 Å². The zero-order chi connectivity index (χ0) is 23.3. The van der Waals surface area contributed by atoms with Crippen LogP contribution in [0.15, 0.2) is 68.9 Å². The van der Waals surface area contributed by atoms with Crippen molar-refractivity contribution in [2.45, 2.75) is 62.2 Å². The minimum Gasteiger partial charge on any atom is -0.505 e. The van der Waals surface area contributed by atoms with Crippen LogP contribution in [0.25, 0.3) is 16.7 Å². The van der Waals surface area contributed by atoms with Gasteiger partial charge in [0, 0.05) is 19.8 Å². The van der Waals surface area contributed by atoms with Crippen molar-refractivity contribution in [2.75, 3.05) is 0 Å². The van der Waals surface area contributed by atoms with E-state index in [1.54, 1.807) is 16.6 Å². The Kier molecular flexibility index (Phi) is 5.88. The molecule has 0 amide bonds. The lowest BCUT2D eigenvalue weighted by Crippen LogP contribution is -2.18. The van der Waals surface area contributed by atoms with Crippen LogP contribution >= 0.6 is 27.7 Å². The third-order valence-corrected chi connectivity index (χ3v) is 6.91. The van der Waals surface area contributed by atoms with Crippen LogP contribution in [0.4, 0.5) is 0 Å². The third-order valence-electron chi connectivity index (χ3n) is 5.38. The molecular formula is C26H28BrN3OS. The predicted molar refractivity (Wildman–Crippen MR) is 136 cm³/mol. The average Bonchev–Trinajstić information content (AvgIpc) is 3.11. The minimum atomic E-state index is -0.207. The Morgan fingerprint density at radius 3 is 2.03 bits per heavy atom. The van der Waals surface area contributed by atoms with Crippen molar-refractivity contribution in [3.63, 3.8) is 0 Å². The van der Waals surface area contributed by atoms with Crippen LogP contribution < -0.4 is 0 Å². The molecule has 0 aliphatic rings. The summed E-state index contributed by atoms with van der Waals surface area (Å²) in [6.07, 6.45) is 0. The number of hydrogen-bond donors (Lipinski definition) is 1. The summed E-state index contributed by atoms with van der Waals surface area (Å²) >= 11 is 5.16. The normalized spacial score (nSPS) is 12.5. The van der Waals surface area contributed by atoms with Gasteiger partial charge in [0.05, 0.1) is 0 Å². The van der Waals surface area contributed by atoms with Gasteiger partial charge in [-0.05, 0) is 64.9 Å². The fraction of sp³-hybridized carbons (Fsp3) is 0.308. The minimum absolute atomic E-state index is 0.0660.